The third-order valence-electron chi connectivity index (χ3n) is 2.63. The highest BCUT2D eigenvalue weighted by Gasteiger charge is 2.08. The molecule has 2 nitrogen and oxygen atoms in total. The van der Waals surface area contributed by atoms with E-state index in [9.17, 15) is 8.60 Å². The van der Waals surface area contributed by atoms with Crippen LogP contribution in [0.1, 0.15) is 11.1 Å². The number of nitrogen functional groups attached to an aromatic ring is 1. The van der Waals surface area contributed by atoms with Crippen LogP contribution < -0.4 is 5.73 Å². The molecule has 2 N–H and O–H groups in total. The Morgan fingerprint density at radius 3 is 2.42 bits per heavy atom. The summed E-state index contributed by atoms with van der Waals surface area (Å²) in [6.07, 6.45) is 0. The largest absolute Gasteiger partial charge is 0.399 e. The number of benzene rings is 2. The molecule has 0 aliphatic rings. The normalized spacial score (nSPS) is 12.3. The van der Waals surface area contributed by atoms with E-state index in [4.69, 9.17) is 17.3 Å². The number of hydrogen-bond acceptors (Lipinski definition) is 2. The Kier molecular flexibility index (Phi) is 4.56. The number of rotatable bonds is 4. The first-order valence-corrected chi connectivity index (χ1v) is 7.54. The van der Waals surface area contributed by atoms with Crippen LogP contribution in [-0.4, -0.2) is 4.21 Å². The zero-order chi connectivity index (χ0) is 13.8. The van der Waals surface area contributed by atoms with Gasteiger partial charge in [0.1, 0.15) is 5.82 Å². The first-order valence-electron chi connectivity index (χ1n) is 5.68. The van der Waals surface area contributed by atoms with Gasteiger partial charge in [0, 0.05) is 32.8 Å². The molecular weight excluding hydrogens is 285 g/mol. The molecule has 0 saturated heterocycles. The summed E-state index contributed by atoms with van der Waals surface area (Å²) in [6.45, 7) is 0. The maximum atomic E-state index is 13.6. The zero-order valence-electron chi connectivity index (χ0n) is 10.1. The van der Waals surface area contributed by atoms with E-state index < -0.39 is 16.6 Å². The molecule has 0 aliphatic heterocycles. The van der Waals surface area contributed by atoms with Gasteiger partial charge < -0.3 is 5.73 Å². The van der Waals surface area contributed by atoms with Gasteiger partial charge in [0.25, 0.3) is 0 Å². The first-order chi connectivity index (χ1) is 9.04. The minimum absolute atomic E-state index is 0.175. The fourth-order valence-electron chi connectivity index (χ4n) is 1.67. The van der Waals surface area contributed by atoms with E-state index in [1.165, 1.54) is 6.07 Å². The Labute approximate surface area is 118 Å². The number of hydrogen-bond donors (Lipinski definition) is 1. The van der Waals surface area contributed by atoms with Crippen molar-refractivity contribution in [1.29, 1.82) is 0 Å². The minimum Gasteiger partial charge on any atom is -0.399 e. The highest BCUT2D eigenvalue weighted by molar-refractivity contribution is 7.83. The van der Waals surface area contributed by atoms with Gasteiger partial charge in [-0.25, -0.2) is 4.39 Å². The van der Waals surface area contributed by atoms with Gasteiger partial charge >= 0.3 is 0 Å². The van der Waals surface area contributed by atoms with Gasteiger partial charge in [0.15, 0.2) is 0 Å². The standard InChI is InChI=1S/C14H13ClFNOS/c15-12-4-1-10(2-5-12)8-19(18)9-11-3-6-13(17)7-14(11)16/h1-7H,8-9,17H2. The van der Waals surface area contributed by atoms with Crippen molar-refractivity contribution in [3.63, 3.8) is 0 Å². The smallest absolute Gasteiger partial charge is 0.129 e. The van der Waals surface area contributed by atoms with E-state index in [0.717, 1.165) is 5.56 Å². The summed E-state index contributed by atoms with van der Waals surface area (Å²) in [7, 11) is -1.17. The number of anilines is 1. The Morgan fingerprint density at radius 2 is 1.79 bits per heavy atom. The van der Waals surface area contributed by atoms with Crippen LogP contribution in [0.2, 0.25) is 5.02 Å². The summed E-state index contributed by atoms with van der Waals surface area (Å²) in [4.78, 5) is 0. The summed E-state index contributed by atoms with van der Waals surface area (Å²) in [6, 6.07) is 11.6. The zero-order valence-corrected chi connectivity index (χ0v) is 11.7. The van der Waals surface area contributed by atoms with E-state index in [2.05, 4.69) is 0 Å². The van der Waals surface area contributed by atoms with Crippen molar-refractivity contribution >= 4 is 28.1 Å². The van der Waals surface area contributed by atoms with Crippen LogP contribution >= 0.6 is 11.6 Å². The highest BCUT2D eigenvalue weighted by Crippen LogP contribution is 2.16. The van der Waals surface area contributed by atoms with Gasteiger partial charge in [-0.15, -0.1) is 0 Å². The molecule has 2 aromatic carbocycles. The van der Waals surface area contributed by atoms with Crippen LogP contribution in [-0.2, 0) is 22.3 Å². The molecule has 0 aliphatic carbocycles. The van der Waals surface area contributed by atoms with Crippen LogP contribution in [0.25, 0.3) is 0 Å². The van der Waals surface area contributed by atoms with E-state index >= 15 is 0 Å². The minimum atomic E-state index is -1.17. The van der Waals surface area contributed by atoms with Crippen LogP contribution in [0.15, 0.2) is 42.5 Å². The van der Waals surface area contributed by atoms with Crippen LogP contribution in [0.3, 0.4) is 0 Å². The first kappa shape index (κ1) is 14.0. The number of nitrogens with two attached hydrogens (primary N) is 1. The van der Waals surface area contributed by atoms with Crippen LogP contribution in [0.5, 0.6) is 0 Å². The van der Waals surface area contributed by atoms with Crippen molar-refractivity contribution in [3.8, 4) is 0 Å². The van der Waals surface area contributed by atoms with Crippen molar-refractivity contribution < 1.29 is 8.60 Å². The fourth-order valence-corrected chi connectivity index (χ4v) is 3.04. The third kappa shape index (κ3) is 4.04. The second-order valence-corrected chi connectivity index (χ2v) is 6.10. The summed E-state index contributed by atoms with van der Waals surface area (Å²) in [5, 5.41) is 0.638. The predicted octanol–water partition coefficient (Wildman–Crippen LogP) is 3.51. The third-order valence-corrected chi connectivity index (χ3v) is 4.17. The molecule has 2 aromatic rings. The topological polar surface area (TPSA) is 43.1 Å². The molecule has 0 aromatic heterocycles. The molecular formula is C14H13ClFNOS. The van der Waals surface area contributed by atoms with Crippen molar-refractivity contribution in [3.05, 3.63) is 64.4 Å². The van der Waals surface area contributed by atoms with Crippen LogP contribution in [0.4, 0.5) is 10.1 Å². The van der Waals surface area contributed by atoms with Gasteiger partial charge in [0.05, 0.1) is 5.75 Å². The lowest BCUT2D eigenvalue weighted by Gasteiger charge is -2.05. The molecule has 1 unspecified atom stereocenters. The summed E-state index contributed by atoms with van der Waals surface area (Å²) in [5.41, 5.74) is 7.17. The van der Waals surface area contributed by atoms with Gasteiger partial charge in [-0.05, 0) is 29.8 Å². The molecule has 2 rings (SSSR count). The fraction of sp³-hybridized carbons (Fsp3) is 0.143. The lowest BCUT2D eigenvalue weighted by molar-refractivity contribution is 0.616. The van der Waals surface area contributed by atoms with E-state index in [-0.39, 0.29) is 5.75 Å². The molecule has 1 atom stereocenters. The Morgan fingerprint density at radius 1 is 1.11 bits per heavy atom. The Balaban J connectivity index is 2.03. The molecule has 0 spiro atoms. The van der Waals surface area contributed by atoms with E-state index in [0.29, 0.717) is 22.0 Å². The summed E-state index contributed by atoms with van der Waals surface area (Å²) in [5.74, 6) is 0.139. The molecule has 0 fully saturated rings. The lowest BCUT2D eigenvalue weighted by Crippen LogP contribution is -2.02. The van der Waals surface area contributed by atoms with Crippen molar-refractivity contribution in [2.75, 3.05) is 5.73 Å². The highest BCUT2D eigenvalue weighted by atomic mass is 35.5. The Bertz CT molecular complexity index is 601. The quantitative estimate of drug-likeness (QED) is 0.878. The molecule has 100 valence electrons. The van der Waals surface area contributed by atoms with Crippen molar-refractivity contribution in [1.82, 2.24) is 0 Å². The van der Waals surface area contributed by atoms with E-state index in [1.54, 1.807) is 24.3 Å². The molecule has 19 heavy (non-hydrogen) atoms. The van der Waals surface area contributed by atoms with Crippen molar-refractivity contribution in [2.24, 2.45) is 0 Å². The molecule has 0 bridgehead atoms. The van der Waals surface area contributed by atoms with Gasteiger partial charge in [0.2, 0.25) is 0 Å². The SMILES string of the molecule is Nc1ccc(CS(=O)Cc2ccc(Cl)cc2)c(F)c1. The van der Waals surface area contributed by atoms with Crippen LogP contribution in [0, 0.1) is 5.82 Å². The molecule has 0 saturated carbocycles. The molecule has 0 heterocycles. The number of halogens is 2. The second kappa shape index (κ2) is 6.17. The molecule has 0 radical (unpaired) electrons. The Hall–Kier alpha value is -1.39. The van der Waals surface area contributed by atoms with Gasteiger partial charge in [-0.2, -0.15) is 0 Å². The van der Waals surface area contributed by atoms with Crippen molar-refractivity contribution in [2.45, 2.75) is 11.5 Å². The average molecular weight is 298 g/mol. The monoisotopic (exact) mass is 297 g/mol. The van der Waals surface area contributed by atoms with E-state index in [1.807, 2.05) is 12.1 Å². The predicted molar refractivity (Wildman–Crippen MR) is 77.8 cm³/mol. The average Bonchev–Trinajstić information content (AvgIpc) is 2.36. The van der Waals surface area contributed by atoms with Gasteiger partial charge in [-0.1, -0.05) is 29.8 Å². The molecule has 0 amide bonds. The van der Waals surface area contributed by atoms with Gasteiger partial charge in [-0.3, -0.25) is 4.21 Å². The second-order valence-electron chi connectivity index (χ2n) is 4.21. The molecule has 5 heteroatoms. The summed E-state index contributed by atoms with van der Waals surface area (Å²) >= 11 is 5.78. The maximum absolute atomic E-state index is 13.6. The maximum Gasteiger partial charge on any atom is 0.129 e. The summed E-state index contributed by atoms with van der Waals surface area (Å²) < 4.78 is 25.6. The lowest BCUT2D eigenvalue weighted by atomic mass is 10.2.